The number of hydrogen-bond acceptors (Lipinski definition) is 7. The van der Waals surface area contributed by atoms with Gasteiger partial charge in [0.1, 0.15) is 5.75 Å². The lowest BCUT2D eigenvalue weighted by atomic mass is 9.99. The average Bonchev–Trinajstić information content (AvgIpc) is 3.21. The van der Waals surface area contributed by atoms with E-state index in [1.54, 1.807) is 21.3 Å². The second-order valence-corrected chi connectivity index (χ2v) is 6.67. The molecular formula is C21H23N3O4. The topological polar surface area (TPSA) is 69.9 Å². The van der Waals surface area contributed by atoms with E-state index in [1.807, 2.05) is 24.3 Å². The minimum atomic E-state index is 0.498. The maximum absolute atomic E-state index is 5.88. The zero-order valence-corrected chi connectivity index (χ0v) is 16.3. The van der Waals surface area contributed by atoms with E-state index < -0.39 is 0 Å². The van der Waals surface area contributed by atoms with Crippen molar-refractivity contribution >= 4 is 0 Å². The largest absolute Gasteiger partial charge is 0.497 e. The third-order valence-corrected chi connectivity index (χ3v) is 4.94. The molecule has 0 bridgehead atoms. The fourth-order valence-corrected chi connectivity index (χ4v) is 3.46. The number of methoxy groups -OCH3 is 3. The van der Waals surface area contributed by atoms with Crippen LogP contribution in [-0.4, -0.2) is 43.0 Å². The molecule has 7 heteroatoms. The van der Waals surface area contributed by atoms with Crippen LogP contribution in [0.2, 0.25) is 0 Å². The van der Waals surface area contributed by atoms with Crippen LogP contribution in [0.15, 0.2) is 40.8 Å². The van der Waals surface area contributed by atoms with Crippen LogP contribution in [0.3, 0.4) is 0 Å². The quantitative estimate of drug-likeness (QED) is 0.649. The molecular weight excluding hydrogens is 358 g/mol. The number of ether oxygens (including phenoxy) is 3. The molecule has 146 valence electrons. The van der Waals surface area contributed by atoms with Gasteiger partial charge in [0.25, 0.3) is 0 Å². The maximum atomic E-state index is 5.88. The summed E-state index contributed by atoms with van der Waals surface area (Å²) in [5.74, 6) is 3.38. The molecule has 0 radical (unpaired) electrons. The lowest BCUT2D eigenvalue weighted by molar-refractivity contribution is 0.221. The van der Waals surface area contributed by atoms with Crippen molar-refractivity contribution in [1.82, 2.24) is 15.1 Å². The molecule has 0 fully saturated rings. The summed E-state index contributed by atoms with van der Waals surface area (Å²) < 4.78 is 22.0. The van der Waals surface area contributed by atoms with E-state index in [0.717, 1.165) is 42.3 Å². The Kier molecular flexibility index (Phi) is 5.16. The van der Waals surface area contributed by atoms with Crippen LogP contribution in [-0.2, 0) is 19.5 Å². The van der Waals surface area contributed by atoms with E-state index in [4.69, 9.17) is 18.6 Å². The van der Waals surface area contributed by atoms with E-state index >= 15 is 0 Å². The molecule has 0 atom stereocenters. The first-order valence-electron chi connectivity index (χ1n) is 9.13. The van der Waals surface area contributed by atoms with E-state index in [0.29, 0.717) is 18.3 Å². The van der Waals surface area contributed by atoms with Gasteiger partial charge < -0.3 is 18.6 Å². The number of benzene rings is 2. The molecule has 7 nitrogen and oxygen atoms in total. The van der Waals surface area contributed by atoms with Gasteiger partial charge in [-0.2, -0.15) is 0 Å². The summed E-state index contributed by atoms with van der Waals surface area (Å²) >= 11 is 0. The number of rotatable bonds is 6. The fourth-order valence-electron chi connectivity index (χ4n) is 3.46. The van der Waals surface area contributed by atoms with E-state index in [1.165, 1.54) is 11.1 Å². The van der Waals surface area contributed by atoms with E-state index in [9.17, 15) is 0 Å². The molecule has 1 aliphatic rings. The van der Waals surface area contributed by atoms with Crippen LogP contribution in [0.1, 0.15) is 17.0 Å². The van der Waals surface area contributed by atoms with Crippen molar-refractivity contribution in [2.75, 3.05) is 27.9 Å². The minimum absolute atomic E-state index is 0.498. The van der Waals surface area contributed by atoms with Crippen molar-refractivity contribution in [3.63, 3.8) is 0 Å². The molecule has 0 amide bonds. The van der Waals surface area contributed by atoms with Crippen molar-refractivity contribution in [3.8, 4) is 28.7 Å². The Bertz CT molecular complexity index is 970. The first kappa shape index (κ1) is 18.3. The van der Waals surface area contributed by atoms with Crippen LogP contribution in [0.25, 0.3) is 11.5 Å². The maximum Gasteiger partial charge on any atom is 0.247 e. The lowest BCUT2D eigenvalue weighted by Crippen LogP contribution is -2.30. The smallest absolute Gasteiger partial charge is 0.247 e. The summed E-state index contributed by atoms with van der Waals surface area (Å²) in [5.41, 5.74) is 3.37. The molecule has 2 heterocycles. The van der Waals surface area contributed by atoms with Gasteiger partial charge in [0, 0.05) is 18.7 Å². The molecule has 0 unspecified atom stereocenters. The highest BCUT2D eigenvalue weighted by molar-refractivity contribution is 5.55. The van der Waals surface area contributed by atoms with Crippen LogP contribution >= 0.6 is 0 Å². The standard InChI is InChI=1S/C21H23N3O4/c1-25-17-6-4-5-15(9-17)21-23-22-20(28-21)13-24-8-7-14-10-18(26-2)19(27-3)11-16(14)12-24/h4-6,9-11H,7-8,12-13H2,1-3H3. The van der Waals surface area contributed by atoms with Gasteiger partial charge in [-0.3, -0.25) is 4.90 Å². The van der Waals surface area contributed by atoms with Crippen molar-refractivity contribution in [1.29, 1.82) is 0 Å². The highest BCUT2D eigenvalue weighted by Gasteiger charge is 2.21. The van der Waals surface area contributed by atoms with E-state index in [-0.39, 0.29) is 0 Å². The van der Waals surface area contributed by atoms with Crippen LogP contribution < -0.4 is 14.2 Å². The molecule has 1 aromatic heterocycles. The highest BCUT2D eigenvalue weighted by atomic mass is 16.5. The zero-order chi connectivity index (χ0) is 19.5. The third kappa shape index (κ3) is 3.66. The first-order valence-corrected chi connectivity index (χ1v) is 9.13. The Labute approximate surface area is 163 Å². The van der Waals surface area contributed by atoms with Gasteiger partial charge in [0.15, 0.2) is 11.5 Å². The second-order valence-electron chi connectivity index (χ2n) is 6.67. The van der Waals surface area contributed by atoms with Crippen LogP contribution in [0.5, 0.6) is 17.2 Å². The number of hydrogen-bond donors (Lipinski definition) is 0. The number of nitrogens with zero attached hydrogens (tertiary/aromatic N) is 3. The number of fused-ring (bicyclic) bond motifs is 1. The van der Waals surface area contributed by atoms with Crippen molar-refractivity contribution in [3.05, 3.63) is 53.4 Å². The van der Waals surface area contributed by atoms with Crippen LogP contribution in [0, 0.1) is 0 Å². The minimum Gasteiger partial charge on any atom is -0.497 e. The molecule has 2 aromatic carbocycles. The Morgan fingerprint density at radius 3 is 2.50 bits per heavy atom. The van der Waals surface area contributed by atoms with Crippen molar-refractivity contribution in [2.45, 2.75) is 19.5 Å². The van der Waals surface area contributed by atoms with Gasteiger partial charge >= 0.3 is 0 Å². The molecule has 0 saturated carbocycles. The molecule has 3 aromatic rings. The average molecular weight is 381 g/mol. The van der Waals surface area contributed by atoms with Gasteiger partial charge in [-0.25, -0.2) is 0 Å². The summed E-state index contributed by atoms with van der Waals surface area (Å²) in [6.45, 7) is 2.32. The van der Waals surface area contributed by atoms with Gasteiger partial charge in [0.05, 0.1) is 27.9 Å². The Hall–Kier alpha value is -3.06. The summed E-state index contributed by atoms with van der Waals surface area (Å²) in [4.78, 5) is 2.29. The summed E-state index contributed by atoms with van der Waals surface area (Å²) in [7, 11) is 4.95. The molecule has 0 spiro atoms. The van der Waals surface area contributed by atoms with Crippen LogP contribution in [0.4, 0.5) is 0 Å². The van der Waals surface area contributed by atoms with Gasteiger partial charge in [-0.1, -0.05) is 6.07 Å². The van der Waals surface area contributed by atoms with Crippen molar-refractivity contribution < 1.29 is 18.6 Å². The summed E-state index contributed by atoms with van der Waals surface area (Å²) in [6.07, 6.45) is 0.937. The summed E-state index contributed by atoms with van der Waals surface area (Å²) in [5, 5.41) is 8.40. The Morgan fingerprint density at radius 2 is 1.75 bits per heavy atom. The molecule has 1 aliphatic heterocycles. The Balaban J connectivity index is 1.48. The number of aromatic nitrogens is 2. The highest BCUT2D eigenvalue weighted by Crippen LogP contribution is 2.33. The first-order chi connectivity index (χ1) is 13.7. The zero-order valence-electron chi connectivity index (χ0n) is 16.3. The molecule has 0 saturated heterocycles. The summed E-state index contributed by atoms with van der Waals surface area (Å²) in [6, 6.07) is 11.7. The molecule has 28 heavy (non-hydrogen) atoms. The fraction of sp³-hybridized carbons (Fsp3) is 0.333. The van der Waals surface area contributed by atoms with Crippen molar-refractivity contribution in [2.24, 2.45) is 0 Å². The molecule has 0 N–H and O–H groups in total. The monoisotopic (exact) mass is 381 g/mol. The third-order valence-electron chi connectivity index (χ3n) is 4.94. The predicted molar refractivity (Wildman–Crippen MR) is 104 cm³/mol. The second kappa shape index (κ2) is 7.90. The SMILES string of the molecule is COc1cccc(-c2nnc(CN3CCc4cc(OC)c(OC)cc4C3)o2)c1. The molecule has 0 aliphatic carbocycles. The molecule has 4 rings (SSSR count). The van der Waals surface area contributed by atoms with Gasteiger partial charge in [-0.05, 0) is 47.9 Å². The Morgan fingerprint density at radius 1 is 0.964 bits per heavy atom. The normalized spacial score (nSPS) is 13.8. The van der Waals surface area contributed by atoms with Gasteiger partial charge in [-0.15, -0.1) is 10.2 Å². The lowest BCUT2D eigenvalue weighted by Gasteiger charge is -2.28. The van der Waals surface area contributed by atoms with Gasteiger partial charge in [0.2, 0.25) is 11.8 Å². The van der Waals surface area contributed by atoms with E-state index in [2.05, 4.69) is 27.2 Å². The predicted octanol–water partition coefficient (Wildman–Crippen LogP) is 3.32.